The van der Waals surface area contributed by atoms with E-state index < -0.39 is 5.97 Å². The molecular formula is C16H16O3. The van der Waals surface area contributed by atoms with Crippen LogP contribution in [0.25, 0.3) is 0 Å². The number of benzene rings is 2. The maximum absolute atomic E-state index is 10.8. The highest BCUT2D eigenvalue weighted by molar-refractivity contribution is 5.71. The van der Waals surface area contributed by atoms with Gasteiger partial charge >= 0.3 is 5.97 Å². The van der Waals surface area contributed by atoms with Crippen molar-refractivity contribution in [2.24, 2.45) is 0 Å². The van der Waals surface area contributed by atoms with Crippen molar-refractivity contribution >= 4 is 5.97 Å². The monoisotopic (exact) mass is 256 g/mol. The van der Waals surface area contributed by atoms with Crippen LogP contribution >= 0.6 is 0 Å². The molecule has 0 aromatic heterocycles. The fourth-order valence-corrected chi connectivity index (χ4v) is 1.91. The van der Waals surface area contributed by atoms with E-state index in [1.807, 2.05) is 49.4 Å². The summed E-state index contributed by atoms with van der Waals surface area (Å²) in [6.07, 6.45) is -0.145. The number of ether oxygens (including phenoxy) is 1. The van der Waals surface area contributed by atoms with Gasteiger partial charge in [0.2, 0.25) is 0 Å². The van der Waals surface area contributed by atoms with E-state index in [-0.39, 0.29) is 12.5 Å². The third-order valence-corrected chi connectivity index (χ3v) is 2.89. The molecule has 0 fully saturated rings. The Bertz CT molecular complexity index is 549. The topological polar surface area (TPSA) is 46.5 Å². The van der Waals surface area contributed by atoms with Crippen molar-refractivity contribution in [3.05, 3.63) is 65.7 Å². The largest absolute Gasteiger partial charge is 0.486 e. The summed E-state index contributed by atoms with van der Waals surface area (Å²) < 4.78 is 5.87. The molecule has 0 aliphatic rings. The second-order valence-electron chi connectivity index (χ2n) is 4.35. The summed E-state index contributed by atoms with van der Waals surface area (Å²) in [6, 6.07) is 17.1. The Kier molecular flexibility index (Phi) is 4.18. The predicted molar refractivity (Wildman–Crippen MR) is 73.3 cm³/mol. The summed E-state index contributed by atoms with van der Waals surface area (Å²) in [4.78, 5) is 10.8. The van der Waals surface area contributed by atoms with Crippen molar-refractivity contribution < 1.29 is 14.6 Å². The lowest BCUT2D eigenvalue weighted by Crippen LogP contribution is -2.07. The molecule has 0 amide bonds. The molecule has 1 N–H and O–H groups in total. The van der Waals surface area contributed by atoms with E-state index in [1.54, 1.807) is 12.1 Å². The molecular weight excluding hydrogens is 240 g/mol. The smallest absolute Gasteiger partial charge is 0.307 e. The quantitative estimate of drug-likeness (QED) is 0.891. The van der Waals surface area contributed by atoms with E-state index in [1.165, 1.54) is 0 Å². The van der Waals surface area contributed by atoms with Crippen molar-refractivity contribution in [2.75, 3.05) is 0 Å². The second-order valence-corrected chi connectivity index (χ2v) is 4.35. The highest BCUT2D eigenvalue weighted by Crippen LogP contribution is 2.25. The van der Waals surface area contributed by atoms with Gasteiger partial charge in [-0.2, -0.15) is 0 Å². The van der Waals surface area contributed by atoms with E-state index in [9.17, 15) is 4.79 Å². The molecule has 3 heteroatoms. The lowest BCUT2D eigenvalue weighted by molar-refractivity contribution is -0.136. The Morgan fingerprint density at radius 3 is 2.42 bits per heavy atom. The zero-order valence-corrected chi connectivity index (χ0v) is 10.7. The minimum absolute atomic E-state index is 0.0301. The minimum Gasteiger partial charge on any atom is -0.486 e. The van der Waals surface area contributed by atoms with Gasteiger partial charge in [0.15, 0.2) is 0 Å². The minimum atomic E-state index is -0.858. The SMILES string of the molecule is C[C@@H](Oc1ccccc1CC(=O)O)c1ccccc1. The predicted octanol–water partition coefficient (Wildman–Crippen LogP) is 3.45. The molecule has 0 aliphatic heterocycles. The van der Waals surface area contributed by atoms with Crippen molar-refractivity contribution in [3.63, 3.8) is 0 Å². The average molecular weight is 256 g/mol. The number of hydrogen-bond donors (Lipinski definition) is 1. The summed E-state index contributed by atoms with van der Waals surface area (Å²) in [5, 5.41) is 8.89. The molecule has 19 heavy (non-hydrogen) atoms. The van der Waals surface area contributed by atoms with Gasteiger partial charge in [-0.1, -0.05) is 48.5 Å². The molecule has 2 aromatic carbocycles. The molecule has 0 bridgehead atoms. The molecule has 2 aromatic rings. The van der Waals surface area contributed by atoms with Crippen molar-refractivity contribution in [1.82, 2.24) is 0 Å². The molecule has 0 spiro atoms. The summed E-state index contributed by atoms with van der Waals surface area (Å²) >= 11 is 0. The normalized spacial score (nSPS) is 11.8. The zero-order chi connectivity index (χ0) is 13.7. The van der Waals surface area contributed by atoms with Crippen LogP contribution in [0.4, 0.5) is 0 Å². The van der Waals surface area contributed by atoms with Gasteiger partial charge in [0.25, 0.3) is 0 Å². The van der Waals surface area contributed by atoms with Gasteiger partial charge in [-0.15, -0.1) is 0 Å². The van der Waals surface area contributed by atoms with Crippen molar-refractivity contribution in [2.45, 2.75) is 19.4 Å². The number of para-hydroxylation sites is 1. The molecule has 0 heterocycles. The van der Waals surface area contributed by atoms with Gasteiger partial charge in [0.05, 0.1) is 6.42 Å². The van der Waals surface area contributed by atoms with Crippen molar-refractivity contribution in [1.29, 1.82) is 0 Å². The number of aliphatic carboxylic acids is 1. The van der Waals surface area contributed by atoms with Crippen LogP contribution in [-0.2, 0) is 11.2 Å². The van der Waals surface area contributed by atoms with E-state index in [2.05, 4.69) is 0 Å². The van der Waals surface area contributed by atoms with Crippen LogP contribution in [0.2, 0.25) is 0 Å². The maximum atomic E-state index is 10.8. The first-order valence-electron chi connectivity index (χ1n) is 6.18. The van der Waals surface area contributed by atoms with Crippen LogP contribution in [0.3, 0.4) is 0 Å². The van der Waals surface area contributed by atoms with E-state index in [0.717, 1.165) is 5.56 Å². The third-order valence-electron chi connectivity index (χ3n) is 2.89. The van der Waals surface area contributed by atoms with Crippen LogP contribution in [0.5, 0.6) is 5.75 Å². The molecule has 0 radical (unpaired) electrons. The fourth-order valence-electron chi connectivity index (χ4n) is 1.91. The Balaban J connectivity index is 2.17. The van der Waals surface area contributed by atoms with Crippen molar-refractivity contribution in [3.8, 4) is 5.75 Å². The summed E-state index contributed by atoms with van der Waals surface area (Å²) in [5.41, 5.74) is 1.76. The number of carboxylic acid groups (broad SMARTS) is 1. The number of carboxylic acids is 1. The molecule has 0 aliphatic carbocycles. The average Bonchev–Trinajstić information content (AvgIpc) is 2.41. The van der Waals surface area contributed by atoms with Gasteiger partial charge in [-0.3, -0.25) is 4.79 Å². The molecule has 0 unspecified atom stereocenters. The van der Waals surface area contributed by atoms with Gasteiger partial charge in [0, 0.05) is 5.56 Å². The van der Waals surface area contributed by atoms with Gasteiger partial charge in [0.1, 0.15) is 11.9 Å². The highest BCUT2D eigenvalue weighted by atomic mass is 16.5. The van der Waals surface area contributed by atoms with Crippen LogP contribution in [0, 0.1) is 0 Å². The Morgan fingerprint density at radius 1 is 1.11 bits per heavy atom. The second kappa shape index (κ2) is 6.05. The van der Waals surface area contributed by atoms with Crippen LogP contribution < -0.4 is 4.74 Å². The first-order valence-corrected chi connectivity index (χ1v) is 6.18. The third kappa shape index (κ3) is 3.58. The van der Waals surface area contributed by atoms with Gasteiger partial charge < -0.3 is 9.84 Å². The first-order chi connectivity index (χ1) is 9.16. The standard InChI is InChI=1S/C16H16O3/c1-12(13-7-3-2-4-8-13)19-15-10-6-5-9-14(15)11-16(17)18/h2-10,12H,11H2,1H3,(H,17,18)/t12-/m1/s1. The molecule has 3 nitrogen and oxygen atoms in total. The number of hydrogen-bond acceptors (Lipinski definition) is 2. The lowest BCUT2D eigenvalue weighted by atomic mass is 10.1. The Labute approximate surface area is 112 Å². The Hall–Kier alpha value is -2.29. The van der Waals surface area contributed by atoms with Crippen LogP contribution in [-0.4, -0.2) is 11.1 Å². The number of carbonyl (C=O) groups is 1. The molecule has 98 valence electrons. The van der Waals surface area contributed by atoms with Gasteiger partial charge in [-0.05, 0) is 18.6 Å². The van der Waals surface area contributed by atoms with Gasteiger partial charge in [-0.25, -0.2) is 0 Å². The van der Waals surface area contributed by atoms with E-state index in [0.29, 0.717) is 11.3 Å². The van der Waals surface area contributed by atoms with E-state index in [4.69, 9.17) is 9.84 Å². The highest BCUT2D eigenvalue weighted by Gasteiger charge is 2.11. The van der Waals surface area contributed by atoms with Crippen LogP contribution in [0.15, 0.2) is 54.6 Å². The molecule has 1 atom stereocenters. The van der Waals surface area contributed by atoms with E-state index >= 15 is 0 Å². The Morgan fingerprint density at radius 2 is 1.74 bits per heavy atom. The number of rotatable bonds is 5. The summed E-state index contributed by atoms with van der Waals surface area (Å²) in [7, 11) is 0. The fraction of sp³-hybridized carbons (Fsp3) is 0.188. The lowest BCUT2D eigenvalue weighted by Gasteiger charge is -2.17. The molecule has 2 rings (SSSR count). The first kappa shape index (κ1) is 13.1. The molecule has 0 saturated heterocycles. The zero-order valence-electron chi connectivity index (χ0n) is 10.7. The summed E-state index contributed by atoms with van der Waals surface area (Å²) in [6.45, 7) is 1.95. The summed E-state index contributed by atoms with van der Waals surface area (Å²) in [5.74, 6) is -0.232. The molecule has 0 saturated carbocycles. The van der Waals surface area contributed by atoms with Crippen LogP contribution in [0.1, 0.15) is 24.2 Å². The maximum Gasteiger partial charge on any atom is 0.307 e.